The van der Waals surface area contributed by atoms with Gasteiger partial charge >= 0.3 is 0 Å². The molecule has 0 spiro atoms. The molecule has 0 saturated carbocycles. The van der Waals surface area contributed by atoms with Gasteiger partial charge in [0.1, 0.15) is 0 Å². The third kappa shape index (κ3) is 4.28. The molecule has 2 atom stereocenters. The molecule has 4 heteroatoms. The first-order valence-electron chi connectivity index (χ1n) is 7.17. The fourth-order valence-electron chi connectivity index (χ4n) is 2.66. The molecule has 1 aromatic carbocycles. The summed E-state index contributed by atoms with van der Waals surface area (Å²) in [7, 11) is 0. The van der Waals surface area contributed by atoms with Crippen molar-refractivity contribution >= 4 is 0 Å². The lowest BCUT2D eigenvalue weighted by Gasteiger charge is -2.36. The van der Waals surface area contributed by atoms with E-state index in [-0.39, 0.29) is 12.1 Å². The molecule has 1 aliphatic heterocycles. The van der Waals surface area contributed by atoms with Gasteiger partial charge in [0.2, 0.25) is 0 Å². The van der Waals surface area contributed by atoms with E-state index in [1.807, 2.05) is 6.07 Å². The Hall–Kier alpha value is -0.940. The van der Waals surface area contributed by atoms with Gasteiger partial charge in [0.15, 0.2) is 0 Å². The molecular weight excluding hydrogens is 238 g/mol. The summed E-state index contributed by atoms with van der Waals surface area (Å²) in [6.45, 7) is 6.16. The highest BCUT2D eigenvalue weighted by Crippen LogP contribution is 2.13. The molecule has 0 radical (unpaired) electrons. The zero-order chi connectivity index (χ0) is 13.5. The summed E-state index contributed by atoms with van der Waals surface area (Å²) in [5.74, 6) is 5.72. The largest absolute Gasteiger partial charge is 0.374 e. The second-order valence-electron chi connectivity index (χ2n) is 5.17. The van der Waals surface area contributed by atoms with Crippen LogP contribution in [0.5, 0.6) is 0 Å². The SMILES string of the molecule is CCCN1CCOC(C(Cc2ccccc2)NN)C1. The van der Waals surface area contributed by atoms with Crippen molar-refractivity contribution in [3.8, 4) is 0 Å². The third-order valence-electron chi connectivity index (χ3n) is 3.68. The molecule has 3 N–H and O–H groups in total. The quantitative estimate of drug-likeness (QED) is 0.597. The molecule has 106 valence electrons. The first-order chi connectivity index (χ1) is 9.33. The van der Waals surface area contributed by atoms with Crippen LogP contribution in [0.4, 0.5) is 0 Å². The summed E-state index contributed by atoms with van der Waals surface area (Å²) in [5, 5.41) is 0. The van der Waals surface area contributed by atoms with Gasteiger partial charge < -0.3 is 4.74 Å². The van der Waals surface area contributed by atoms with Crippen molar-refractivity contribution in [2.45, 2.75) is 31.9 Å². The van der Waals surface area contributed by atoms with Crippen LogP contribution in [-0.4, -0.2) is 43.3 Å². The zero-order valence-corrected chi connectivity index (χ0v) is 11.7. The van der Waals surface area contributed by atoms with Gasteiger partial charge in [-0.25, -0.2) is 0 Å². The second-order valence-corrected chi connectivity index (χ2v) is 5.17. The van der Waals surface area contributed by atoms with Gasteiger partial charge in [-0.2, -0.15) is 0 Å². The molecule has 1 saturated heterocycles. The van der Waals surface area contributed by atoms with Crippen LogP contribution in [0.3, 0.4) is 0 Å². The van der Waals surface area contributed by atoms with Crippen molar-refractivity contribution < 1.29 is 4.74 Å². The number of benzene rings is 1. The second kappa shape index (κ2) is 7.60. The fourth-order valence-corrected chi connectivity index (χ4v) is 2.66. The van der Waals surface area contributed by atoms with Gasteiger partial charge in [0, 0.05) is 13.1 Å². The van der Waals surface area contributed by atoms with Crippen molar-refractivity contribution in [1.82, 2.24) is 10.3 Å². The number of hydrazine groups is 1. The summed E-state index contributed by atoms with van der Waals surface area (Å²) >= 11 is 0. The van der Waals surface area contributed by atoms with Crippen LogP contribution in [0.25, 0.3) is 0 Å². The number of rotatable bonds is 6. The number of morpholine rings is 1. The molecule has 1 heterocycles. The maximum absolute atomic E-state index is 5.90. The monoisotopic (exact) mass is 263 g/mol. The van der Waals surface area contributed by atoms with Crippen LogP contribution >= 0.6 is 0 Å². The van der Waals surface area contributed by atoms with Crippen molar-refractivity contribution in [3.05, 3.63) is 35.9 Å². The number of hydrogen-bond acceptors (Lipinski definition) is 4. The molecule has 1 aromatic rings. The van der Waals surface area contributed by atoms with E-state index in [9.17, 15) is 0 Å². The van der Waals surface area contributed by atoms with Crippen LogP contribution in [-0.2, 0) is 11.2 Å². The Morgan fingerprint density at radius 1 is 1.42 bits per heavy atom. The van der Waals surface area contributed by atoms with Crippen molar-refractivity contribution in [1.29, 1.82) is 0 Å². The minimum Gasteiger partial charge on any atom is -0.374 e. The Kier molecular flexibility index (Phi) is 5.79. The zero-order valence-electron chi connectivity index (χ0n) is 11.7. The predicted molar refractivity (Wildman–Crippen MR) is 77.7 cm³/mol. The van der Waals surface area contributed by atoms with E-state index in [1.54, 1.807) is 0 Å². The molecular formula is C15H25N3O. The average molecular weight is 263 g/mol. The molecule has 2 rings (SSSR count). The van der Waals surface area contributed by atoms with E-state index in [1.165, 1.54) is 12.0 Å². The topological polar surface area (TPSA) is 50.5 Å². The summed E-state index contributed by atoms with van der Waals surface area (Å²) in [5.41, 5.74) is 4.22. The number of hydrogen-bond donors (Lipinski definition) is 2. The highest BCUT2D eigenvalue weighted by atomic mass is 16.5. The maximum Gasteiger partial charge on any atom is 0.0871 e. The predicted octanol–water partition coefficient (Wildman–Crippen LogP) is 1.17. The normalized spacial score (nSPS) is 22.3. The fraction of sp³-hybridized carbons (Fsp3) is 0.600. The molecule has 0 aromatic heterocycles. The van der Waals surface area contributed by atoms with Gasteiger partial charge in [-0.05, 0) is 24.9 Å². The van der Waals surface area contributed by atoms with Gasteiger partial charge in [-0.3, -0.25) is 16.2 Å². The summed E-state index contributed by atoms with van der Waals surface area (Å²) < 4.78 is 5.90. The Balaban J connectivity index is 1.93. The molecule has 4 nitrogen and oxygen atoms in total. The smallest absolute Gasteiger partial charge is 0.0871 e. The van der Waals surface area contributed by atoms with Gasteiger partial charge in [0.05, 0.1) is 18.8 Å². The van der Waals surface area contributed by atoms with Gasteiger partial charge in [0.25, 0.3) is 0 Å². The number of nitrogens with two attached hydrogens (primary N) is 1. The number of nitrogens with one attached hydrogen (secondary N) is 1. The minimum atomic E-state index is 0.169. The van der Waals surface area contributed by atoms with E-state index in [0.717, 1.165) is 32.7 Å². The van der Waals surface area contributed by atoms with E-state index in [0.29, 0.717) is 0 Å². The maximum atomic E-state index is 5.90. The van der Waals surface area contributed by atoms with Crippen molar-refractivity contribution in [2.24, 2.45) is 5.84 Å². The molecule has 0 amide bonds. The Morgan fingerprint density at radius 2 is 2.21 bits per heavy atom. The Morgan fingerprint density at radius 3 is 2.89 bits per heavy atom. The highest BCUT2D eigenvalue weighted by molar-refractivity contribution is 5.16. The first-order valence-corrected chi connectivity index (χ1v) is 7.17. The Labute approximate surface area is 115 Å². The summed E-state index contributed by atoms with van der Waals surface area (Å²) in [4.78, 5) is 2.46. The van der Waals surface area contributed by atoms with E-state index in [2.05, 4.69) is 41.5 Å². The lowest BCUT2D eigenvalue weighted by molar-refractivity contribution is -0.0462. The molecule has 1 aliphatic rings. The van der Waals surface area contributed by atoms with Gasteiger partial charge in [-0.15, -0.1) is 0 Å². The van der Waals surface area contributed by atoms with Crippen LogP contribution in [0.2, 0.25) is 0 Å². The van der Waals surface area contributed by atoms with Crippen LogP contribution < -0.4 is 11.3 Å². The van der Waals surface area contributed by atoms with Gasteiger partial charge in [-0.1, -0.05) is 37.3 Å². The average Bonchev–Trinajstić information content (AvgIpc) is 2.46. The van der Waals surface area contributed by atoms with Crippen molar-refractivity contribution in [2.75, 3.05) is 26.2 Å². The molecule has 1 fully saturated rings. The Bertz CT molecular complexity index is 356. The van der Waals surface area contributed by atoms with E-state index in [4.69, 9.17) is 10.6 Å². The lowest BCUT2D eigenvalue weighted by Crippen LogP contribution is -2.54. The van der Waals surface area contributed by atoms with Crippen LogP contribution in [0.1, 0.15) is 18.9 Å². The van der Waals surface area contributed by atoms with Crippen LogP contribution in [0.15, 0.2) is 30.3 Å². The van der Waals surface area contributed by atoms with Crippen molar-refractivity contribution in [3.63, 3.8) is 0 Å². The molecule has 0 aliphatic carbocycles. The van der Waals surface area contributed by atoms with Crippen LogP contribution in [0, 0.1) is 0 Å². The number of nitrogens with zero attached hydrogens (tertiary/aromatic N) is 1. The highest BCUT2D eigenvalue weighted by Gasteiger charge is 2.27. The number of ether oxygens (including phenoxy) is 1. The van der Waals surface area contributed by atoms with E-state index >= 15 is 0 Å². The minimum absolute atomic E-state index is 0.169. The molecule has 2 unspecified atom stereocenters. The first kappa shape index (κ1) is 14.5. The third-order valence-corrected chi connectivity index (χ3v) is 3.68. The lowest BCUT2D eigenvalue weighted by atomic mass is 10.0. The molecule has 19 heavy (non-hydrogen) atoms. The summed E-state index contributed by atoms with van der Waals surface area (Å²) in [6, 6.07) is 10.6. The molecule has 0 bridgehead atoms. The standard InChI is InChI=1S/C15H25N3O/c1-2-8-18-9-10-19-15(12-18)14(17-16)11-13-6-4-3-5-7-13/h3-7,14-15,17H,2,8-12,16H2,1H3. The van der Waals surface area contributed by atoms with E-state index < -0.39 is 0 Å². The summed E-state index contributed by atoms with van der Waals surface area (Å²) in [6.07, 6.45) is 2.26.